The maximum Gasteiger partial charge on any atom is 0.488 e. The predicted octanol–water partition coefficient (Wildman–Crippen LogP) is 0.567. The van der Waals surface area contributed by atoms with Gasteiger partial charge in [0.25, 0.3) is 21.9 Å². The number of hydrogen-bond donors (Lipinski definition) is 3. The Bertz CT molecular complexity index is 1250. The van der Waals surface area contributed by atoms with Crippen molar-refractivity contribution in [2.75, 3.05) is 4.90 Å². The van der Waals surface area contributed by atoms with Crippen LogP contribution in [0.25, 0.3) is 10.8 Å². The van der Waals surface area contributed by atoms with Gasteiger partial charge in [0, 0.05) is 21.9 Å². The van der Waals surface area contributed by atoms with Gasteiger partial charge in [-0.3, -0.25) is 14.1 Å². The molecule has 0 saturated carbocycles. The number of carbonyl (C=O) groups is 2. The molecule has 3 N–H and O–H groups in total. The molecule has 0 fully saturated rings. The van der Waals surface area contributed by atoms with Gasteiger partial charge in [0.2, 0.25) is 0 Å². The fourth-order valence-electron chi connectivity index (χ4n) is 3.35. The lowest BCUT2D eigenvalue weighted by Gasteiger charge is -2.28. The molecule has 4 rings (SSSR count). The summed E-state index contributed by atoms with van der Waals surface area (Å²) < 4.78 is 32.8. The number of imide groups is 1. The lowest BCUT2D eigenvalue weighted by molar-refractivity contribution is 0.0893. The van der Waals surface area contributed by atoms with E-state index in [1.807, 2.05) is 0 Å². The lowest BCUT2D eigenvalue weighted by atomic mass is 9.80. The van der Waals surface area contributed by atoms with Gasteiger partial charge in [0.05, 0.1) is 5.69 Å². The Morgan fingerprint density at radius 1 is 0.857 bits per heavy atom. The van der Waals surface area contributed by atoms with Crippen molar-refractivity contribution in [2.45, 2.75) is 4.90 Å². The third kappa shape index (κ3) is 2.71. The fourth-order valence-corrected chi connectivity index (χ4v) is 4.04. The summed E-state index contributed by atoms with van der Waals surface area (Å²) in [5.74, 6) is -1.39. The van der Waals surface area contributed by atoms with E-state index in [2.05, 4.69) is 0 Å². The Morgan fingerprint density at radius 3 is 2.14 bits per heavy atom. The molecule has 0 spiro atoms. The van der Waals surface area contributed by atoms with Crippen molar-refractivity contribution in [3.63, 3.8) is 0 Å². The summed E-state index contributed by atoms with van der Waals surface area (Å²) in [6.07, 6.45) is 0. The molecule has 0 radical (unpaired) electrons. The summed E-state index contributed by atoms with van der Waals surface area (Å²) in [4.78, 5) is 26.5. The molecule has 1 heterocycles. The van der Waals surface area contributed by atoms with Crippen LogP contribution >= 0.6 is 0 Å². The standard InChI is InChI=1S/C18H12BNO7S/c21-17-13-6-2-5-12-15(28(25,26)27)8-7-14(16(12)13)18(22)20(17)11-4-1-3-10(9-11)19(23)24/h1-9,23-24H,(H,25,26,27). The van der Waals surface area contributed by atoms with E-state index >= 15 is 0 Å². The highest BCUT2D eigenvalue weighted by molar-refractivity contribution is 7.86. The van der Waals surface area contributed by atoms with Crippen molar-refractivity contribution in [1.29, 1.82) is 0 Å². The minimum Gasteiger partial charge on any atom is -0.423 e. The Morgan fingerprint density at radius 2 is 1.50 bits per heavy atom. The van der Waals surface area contributed by atoms with E-state index in [1.165, 1.54) is 48.5 Å². The Kier molecular flexibility index (Phi) is 4.09. The molecule has 0 unspecified atom stereocenters. The normalized spacial score (nSPS) is 13.9. The number of benzene rings is 3. The second-order valence-electron chi connectivity index (χ2n) is 6.23. The molecule has 10 heteroatoms. The van der Waals surface area contributed by atoms with E-state index < -0.39 is 33.9 Å². The minimum atomic E-state index is -4.55. The first kappa shape index (κ1) is 18.3. The van der Waals surface area contributed by atoms with Crippen LogP contribution in [0.4, 0.5) is 5.69 Å². The highest BCUT2D eigenvalue weighted by Crippen LogP contribution is 2.35. The number of carbonyl (C=O) groups excluding carboxylic acids is 2. The number of anilines is 1. The molecule has 0 aromatic heterocycles. The highest BCUT2D eigenvalue weighted by atomic mass is 32.2. The zero-order valence-corrected chi connectivity index (χ0v) is 14.9. The number of rotatable bonds is 3. The van der Waals surface area contributed by atoms with E-state index in [1.54, 1.807) is 0 Å². The van der Waals surface area contributed by atoms with Crippen LogP contribution in [0.3, 0.4) is 0 Å². The van der Waals surface area contributed by atoms with Crippen LogP contribution in [0.1, 0.15) is 20.7 Å². The van der Waals surface area contributed by atoms with Crippen LogP contribution in [0.15, 0.2) is 59.5 Å². The van der Waals surface area contributed by atoms with Crippen molar-refractivity contribution in [3.8, 4) is 0 Å². The molecule has 0 bridgehead atoms. The molecule has 0 saturated heterocycles. The molecular formula is C18H12BNO7S. The van der Waals surface area contributed by atoms with Gasteiger partial charge < -0.3 is 10.0 Å². The van der Waals surface area contributed by atoms with Crippen LogP contribution in [0, 0.1) is 0 Å². The molecule has 0 aliphatic carbocycles. The van der Waals surface area contributed by atoms with E-state index in [-0.39, 0.29) is 33.0 Å². The summed E-state index contributed by atoms with van der Waals surface area (Å²) in [7, 11) is -6.33. The molecule has 2 amide bonds. The van der Waals surface area contributed by atoms with Crippen molar-refractivity contribution >= 4 is 51.0 Å². The number of amides is 2. The topological polar surface area (TPSA) is 132 Å². The average molecular weight is 397 g/mol. The monoisotopic (exact) mass is 397 g/mol. The molecule has 28 heavy (non-hydrogen) atoms. The van der Waals surface area contributed by atoms with Gasteiger partial charge in [0.1, 0.15) is 4.90 Å². The van der Waals surface area contributed by atoms with Gasteiger partial charge in [-0.2, -0.15) is 8.42 Å². The predicted molar refractivity (Wildman–Crippen MR) is 101 cm³/mol. The zero-order chi connectivity index (χ0) is 20.2. The van der Waals surface area contributed by atoms with Crippen LogP contribution < -0.4 is 10.4 Å². The molecule has 1 aliphatic heterocycles. The second-order valence-corrected chi connectivity index (χ2v) is 7.62. The summed E-state index contributed by atoms with van der Waals surface area (Å²) in [5, 5.41) is 18.9. The molecule has 8 nitrogen and oxygen atoms in total. The van der Waals surface area contributed by atoms with Gasteiger partial charge in [-0.05, 0) is 35.8 Å². The van der Waals surface area contributed by atoms with Crippen LogP contribution in [-0.2, 0) is 10.1 Å². The molecule has 3 aromatic carbocycles. The fraction of sp³-hybridized carbons (Fsp3) is 0. The summed E-state index contributed by atoms with van der Waals surface area (Å²) in [6, 6.07) is 12.3. The molecule has 1 aliphatic rings. The third-order valence-electron chi connectivity index (χ3n) is 4.57. The first-order chi connectivity index (χ1) is 13.2. The smallest absolute Gasteiger partial charge is 0.423 e. The molecule has 140 valence electrons. The zero-order valence-electron chi connectivity index (χ0n) is 14.1. The van der Waals surface area contributed by atoms with E-state index in [4.69, 9.17) is 0 Å². The maximum atomic E-state index is 13.0. The maximum absolute atomic E-state index is 13.0. The van der Waals surface area contributed by atoms with E-state index in [0.717, 1.165) is 11.0 Å². The van der Waals surface area contributed by atoms with Crippen LogP contribution in [0.5, 0.6) is 0 Å². The Hall–Kier alpha value is -3.05. The van der Waals surface area contributed by atoms with E-state index in [0.29, 0.717) is 0 Å². The number of nitrogens with zero attached hydrogens (tertiary/aromatic N) is 1. The Labute approximate surface area is 159 Å². The van der Waals surface area contributed by atoms with Gasteiger partial charge in [-0.15, -0.1) is 0 Å². The minimum absolute atomic E-state index is 0.0679. The van der Waals surface area contributed by atoms with Crippen LogP contribution in [-0.4, -0.2) is 42.0 Å². The van der Waals surface area contributed by atoms with E-state index in [9.17, 15) is 32.6 Å². The van der Waals surface area contributed by atoms with Crippen LogP contribution in [0.2, 0.25) is 0 Å². The average Bonchev–Trinajstić information content (AvgIpc) is 2.65. The first-order valence-corrected chi connectivity index (χ1v) is 9.52. The van der Waals surface area contributed by atoms with Gasteiger partial charge in [0.15, 0.2) is 0 Å². The molecular weight excluding hydrogens is 385 g/mol. The van der Waals surface area contributed by atoms with Crippen molar-refractivity contribution in [3.05, 3.63) is 65.7 Å². The van der Waals surface area contributed by atoms with Crippen molar-refractivity contribution < 1.29 is 32.6 Å². The first-order valence-electron chi connectivity index (χ1n) is 8.08. The van der Waals surface area contributed by atoms with Crippen molar-refractivity contribution in [1.82, 2.24) is 0 Å². The SMILES string of the molecule is O=C1c2cccc3c(S(=O)(=O)O)ccc(c23)C(=O)N1c1cccc(B(O)O)c1. The van der Waals surface area contributed by atoms with Gasteiger partial charge >= 0.3 is 7.12 Å². The highest BCUT2D eigenvalue weighted by Gasteiger charge is 2.35. The largest absolute Gasteiger partial charge is 0.488 e. The lowest BCUT2D eigenvalue weighted by Crippen LogP contribution is -2.41. The second kappa shape index (κ2) is 6.25. The summed E-state index contributed by atoms with van der Waals surface area (Å²) >= 11 is 0. The molecule has 0 atom stereocenters. The van der Waals surface area contributed by atoms with Gasteiger partial charge in [-0.25, -0.2) is 4.90 Å². The quantitative estimate of drug-likeness (QED) is 0.334. The number of hydrogen-bond acceptors (Lipinski definition) is 6. The summed E-state index contributed by atoms with van der Waals surface area (Å²) in [6.45, 7) is 0. The van der Waals surface area contributed by atoms with Crippen molar-refractivity contribution in [2.24, 2.45) is 0 Å². The van der Waals surface area contributed by atoms with Gasteiger partial charge in [-0.1, -0.05) is 24.3 Å². The Balaban J connectivity index is 1.97. The third-order valence-corrected chi connectivity index (χ3v) is 5.48. The molecule has 3 aromatic rings. The summed E-state index contributed by atoms with van der Waals surface area (Å²) in [5.41, 5.74) is 0.422.